The third-order valence-electron chi connectivity index (χ3n) is 5.75. The van der Waals surface area contributed by atoms with Crippen LogP contribution in [-0.2, 0) is 9.53 Å². The van der Waals surface area contributed by atoms with E-state index in [1.165, 1.54) is 0 Å². The molecule has 1 aromatic heterocycles. The Balaban J connectivity index is 1.68. The molecule has 3 aromatic rings. The fraction of sp³-hybridized carbons (Fsp3) is 0.250. The summed E-state index contributed by atoms with van der Waals surface area (Å²) < 4.78 is 13.0. The molecule has 2 heterocycles. The Morgan fingerprint density at radius 1 is 1.34 bits per heavy atom. The lowest BCUT2D eigenvalue weighted by molar-refractivity contribution is -0.117. The highest BCUT2D eigenvalue weighted by atomic mass is 16.5. The predicted molar refractivity (Wildman–Crippen MR) is 135 cm³/mol. The quantitative estimate of drug-likeness (QED) is 0.281. The number of nitrogens with one attached hydrogen (secondary N) is 1. The van der Waals surface area contributed by atoms with Crippen molar-refractivity contribution in [1.29, 1.82) is 5.26 Å². The summed E-state index contributed by atoms with van der Waals surface area (Å²) in [5.74, 6) is 0.338. The number of nitriles is 1. The van der Waals surface area contributed by atoms with Crippen molar-refractivity contribution in [2.45, 2.75) is 25.9 Å². The number of aryl methyl sites for hydroxylation is 1. The van der Waals surface area contributed by atoms with Crippen LogP contribution in [0.5, 0.6) is 5.75 Å². The monoisotopic (exact) mass is 468 g/mol. The molecule has 4 rings (SSSR count). The normalized spacial score (nSPS) is 15.4. The molecule has 0 saturated carbocycles. The van der Waals surface area contributed by atoms with Gasteiger partial charge in [0.15, 0.2) is 0 Å². The zero-order valence-corrected chi connectivity index (χ0v) is 19.7. The molecule has 1 amide bonds. The minimum Gasteiger partial charge on any atom is -0.489 e. The first-order valence-corrected chi connectivity index (χ1v) is 11.6. The van der Waals surface area contributed by atoms with E-state index in [1.54, 1.807) is 16.8 Å². The highest BCUT2D eigenvalue weighted by Crippen LogP contribution is 2.30. The Bertz CT molecular complexity index is 1270. The lowest BCUT2D eigenvalue weighted by Crippen LogP contribution is -2.32. The van der Waals surface area contributed by atoms with Gasteiger partial charge in [-0.25, -0.2) is 4.68 Å². The van der Waals surface area contributed by atoms with Crippen molar-refractivity contribution in [3.05, 3.63) is 84.1 Å². The number of nitrogens with zero attached hydrogens (tertiary/aromatic N) is 3. The van der Waals surface area contributed by atoms with E-state index in [0.29, 0.717) is 31.0 Å². The Labute approximate surface area is 205 Å². The number of aromatic nitrogens is 2. The molecule has 1 N–H and O–H groups in total. The Morgan fingerprint density at radius 2 is 2.17 bits per heavy atom. The second-order valence-electron chi connectivity index (χ2n) is 8.31. The van der Waals surface area contributed by atoms with E-state index >= 15 is 0 Å². The van der Waals surface area contributed by atoms with Gasteiger partial charge < -0.3 is 14.8 Å². The summed E-state index contributed by atoms with van der Waals surface area (Å²) in [6, 6.07) is 17.5. The summed E-state index contributed by atoms with van der Waals surface area (Å²) in [5, 5.41) is 17.4. The summed E-state index contributed by atoms with van der Waals surface area (Å²) in [4.78, 5) is 12.7. The maximum absolute atomic E-state index is 12.7. The second-order valence-corrected chi connectivity index (χ2v) is 8.31. The van der Waals surface area contributed by atoms with Gasteiger partial charge in [-0.3, -0.25) is 4.79 Å². The fourth-order valence-corrected chi connectivity index (χ4v) is 3.95. The molecule has 2 aromatic carbocycles. The molecule has 1 saturated heterocycles. The highest BCUT2D eigenvalue weighted by molar-refractivity contribution is 6.02. The van der Waals surface area contributed by atoms with E-state index in [0.717, 1.165) is 35.4 Å². The molecule has 0 bridgehead atoms. The van der Waals surface area contributed by atoms with E-state index in [-0.39, 0.29) is 11.7 Å². The van der Waals surface area contributed by atoms with Crippen LogP contribution in [0.4, 0.5) is 0 Å². The molecule has 178 valence electrons. The van der Waals surface area contributed by atoms with Crippen LogP contribution in [0.15, 0.2) is 73.0 Å². The predicted octanol–water partition coefficient (Wildman–Crippen LogP) is 4.61. The maximum Gasteiger partial charge on any atom is 0.262 e. The minimum atomic E-state index is -0.425. The molecule has 1 atom stereocenters. The number of carbonyl (C=O) groups excluding carboxylic acids is 1. The average Bonchev–Trinajstić information content (AvgIpc) is 3.56. The summed E-state index contributed by atoms with van der Waals surface area (Å²) in [7, 11) is 0. The van der Waals surface area contributed by atoms with Crippen LogP contribution in [0.25, 0.3) is 23.0 Å². The molecule has 35 heavy (non-hydrogen) atoms. The minimum absolute atomic E-state index is 0.0000767. The summed E-state index contributed by atoms with van der Waals surface area (Å²) in [6.45, 7) is 7.17. The van der Waals surface area contributed by atoms with Crippen molar-refractivity contribution in [3.63, 3.8) is 0 Å². The van der Waals surface area contributed by atoms with Gasteiger partial charge in [-0.1, -0.05) is 30.9 Å². The van der Waals surface area contributed by atoms with Crippen LogP contribution >= 0.6 is 0 Å². The topological polar surface area (TPSA) is 89.2 Å². The number of rotatable bonds is 9. The van der Waals surface area contributed by atoms with E-state index in [2.05, 4.69) is 11.9 Å². The number of benzene rings is 2. The maximum atomic E-state index is 12.7. The SMILES string of the molecule is C=CCOc1ccc(-c2nn(-c3ccccc3)cc2/C=C(/C#N)C(=O)NC[C@H]2CCCO2)cc1C. The zero-order valence-electron chi connectivity index (χ0n) is 19.7. The first-order valence-electron chi connectivity index (χ1n) is 11.6. The summed E-state index contributed by atoms with van der Waals surface area (Å²) >= 11 is 0. The van der Waals surface area contributed by atoms with Gasteiger partial charge in [-0.15, -0.1) is 0 Å². The molecular weight excluding hydrogens is 440 g/mol. The average molecular weight is 469 g/mol. The van der Waals surface area contributed by atoms with E-state index in [1.807, 2.05) is 67.7 Å². The number of hydrogen-bond donors (Lipinski definition) is 1. The van der Waals surface area contributed by atoms with Gasteiger partial charge in [0.25, 0.3) is 5.91 Å². The lowest BCUT2D eigenvalue weighted by atomic mass is 10.0. The molecule has 0 radical (unpaired) electrons. The molecule has 0 aliphatic carbocycles. The number of carbonyl (C=O) groups is 1. The van der Waals surface area contributed by atoms with Gasteiger partial charge in [0.05, 0.1) is 11.8 Å². The number of amides is 1. The Kier molecular flexibility index (Phi) is 7.76. The van der Waals surface area contributed by atoms with Crippen molar-refractivity contribution in [1.82, 2.24) is 15.1 Å². The lowest BCUT2D eigenvalue weighted by Gasteiger charge is -2.10. The molecule has 0 unspecified atom stereocenters. The van der Waals surface area contributed by atoms with Gasteiger partial charge in [-0.2, -0.15) is 10.4 Å². The van der Waals surface area contributed by atoms with Gasteiger partial charge >= 0.3 is 0 Å². The van der Waals surface area contributed by atoms with Crippen LogP contribution < -0.4 is 10.1 Å². The van der Waals surface area contributed by atoms with Crippen molar-refractivity contribution in [2.75, 3.05) is 19.8 Å². The molecule has 7 heteroatoms. The molecule has 7 nitrogen and oxygen atoms in total. The number of ether oxygens (including phenoxy) is 2. The molecule has 1 fully saturated rings. The van der Waals surface area contributed by atoms with Crippen molar-refractivity contribution in [2.24, 2.45) is 0 Å². The third kappa shape index (κ3) is 5.86. The standard InChI is InChI=1S/C28H28N4O3/c1-3-13-35-26-12-11-21(15-20(26)2)27-23(19-32(31-27)24-8-5-4-6-9-24)16-22(17-29)28(33)30-18-25-10-7-14-34-25/h3-6,8-9,11-12,15-16,19,25H,1,7,10,13-14,18H2,2H3,(H,30,33)/b22-16-/t25-/m1/s1. The van der Waals surface area contributed by atoms with Crippen LogP contribution in [0.1, 0.15) is 24.0 Å². The Morgan fingerprint density at radius 3 is 2.86 bits per heavy atom. The third-order valence-corrected chi connectivity index (χ3v) is 5.75. The van der Waals surface area contributed by atoms with Crippen LogP contribution in [-0.4, -0.2) is 41.6 Å². The second kappa shape index (κ2) is 11.3. The highest BCUT2D eigenvalue weighted by Gasteiger charge is 2.19. The van der Waals surface area contributed by atoms with Crippen molar-refractivity contribution in [3.8, 4) is 28.8 Å². The van der Waals surface area contributed by atoms with Gasteiger partial charge in [-0.05, 0) is 61.7 Å². The van der Waals surface area contributed by atoms with Gasteiger partial charge in [0.1, 0.15) is 29.7 Å². The molecule has 0 spiro atoms. The zero-order chi connectivity index (χ0) is 24.6. The number of hydrogen-bond acceptors (Lipinski definition) is 5. The molecule has 1 aliphatic heterocycles. The van der Waals surface area contributed by atoms with Gasteiger partial charge in [0.2, 0.25) is 0 Å². The van der Waals surface area contributed by atoms with Crippen molar-refractivity contribution < 1.29 is 14.3 Å². The van der Waals surface area contributed by atoms with E-state index in [9.17, 15) is 10.1 Å². The van der Waals surface area contributed by atoms with Crippen LogP contribution in [0.3, 0.4) is 0 Å². The summed E-state index contributed by atoms with van der Waals surface area (Å²) in [5.41, 5.74) is 4.01. The van der Waals surface area contributed by atoms with Crippen LogP contribution in [0.2, 0.25) is 0 Å². The smallest absolute Gasteiger partial charge is 0.262 e. The summed E-state index contributed by atoms with van der Waals surface area (Å²) in [6.07, 6.45) is 7.01. The molecule has 1 aliphatic rings. The van der Waals surface area contributed by atoms with E-state index in [4.69, 9.17) is 14.6 Å². The van der Waals surface area contributed by atoms with Crippen molar-refractivity contribution >= 4 is 12.0 Å². The number of para-hydroxylation sites is 1. The molecular formula is C28H28N4O3. The first-order chi connectivity index (χ1) is 17.1. The van der Waals surface area contributed by atoms with Gasteiger partial charge in [0, 0.05) is 30.5 Å². The first kappa shape index (κ1) is 24.0. The van der Waals surface area contributed by atoms with E-state index < -0.39 is 5.91 Å². The fourth-order valence-electron chi connectivity index (χ4n) is 3.95. The van der Waals surface area contributed by atoms with Crippen LogP contribution in [0, 0.1) is 18.3 Å². The largest absolute Gasteiger partial charge is 0.489 e. The Hall–Kier alpha value is -4.15.